The van der Waals surface area contributed by atoms with Crippen molar-refractivity contribution in [2.45, 2.75) is 6.18 Å². The molecule has 0 atom stereocenters. The molecular weight excluding hydrogens is 223 g/mol. The second-order valence-corrected chi connectivity index (χ2v) is 2.98. The molecule has 3 nitrogen and oxygen atoms in total. The van der Waals surface area contributed by atoms with Crippen LogP contribution in [0.3, 0.4) is 0 Å². The van der Waals surface area contributed by atoms with Gasteiger partial charge in [-0.05, 0) is 17.7 Å². The van der Waals surface area contributed by atoms with Crippen LogP contribution in [-0.4, -0.2) is 11.1 Å². The Morgan fingerprint density at radius 3 is 2.50 bits per heavy atom. The van der Waals surface area contributed by atoms with Crippen molar-refractivity contribution >= 4 is 17.7 Å². The van der Waals surface area contributed by atoms with Gasteiger partial charge >= 0.3 is 12.1 Å². The number of rotatable bonds is 2. The van der Waals surface area contributed by atoms with Crippen LogP contribution in [0.15, 0.2) is 24.3 Å². The molecule has 0 aromatic heterocycles. The average molecular weight is 231 g/mol. The van der Waals surface area contributed by atoms with Crippen LogP contribution in [0, 0.1) is 0 Å². The summed E-state index contributed by atoms with van der Waals surface area (Å²) in [6.45, 7) is 0. The van der Waals surface area contributed by atoms with Gasteiger partial charge in [-0.25, -0.2) is 4.79 Å². The number of aliphatic carboxylic acids is 1. The lowest BCUT2D eigenvalue weighted by Crippen LogP contribution is -2.09. The van der Waals surface area contributed by atoms with Gasteiger partial charge in [0.25, 0.3) is 0 Å². The first-order valence-corrected chi connectivity index (χ1v) is 4.19. The number of anilines is 1. The SMILES string of the molecule is Nc1c(/C=C/C(=O)O)cccc1C(F)(F)F. The third kappa shape index (κ3) is 2.75. The normalized spacial score (nSPS) is 11.9. The third-order valence-electron chi connectivity index (χ3n) is 1.85. The van der Waals surface area contributed by atoms with E-state index in [1.807, 2.05) is 0 Å². The molecule has 0 amide bonds. The third-order valence-corrected chi connectivity index (χ3v) is 1.85. The number of para-hydroxylation sites is 1. The predicted molar refractivity (Wildman–Crippen MR) is 52.5 cm³/mol. The van der Waals surface area contributed by atoms with E-state index in [0.29, 0.717) is 0 Å². The number of nitrogens with two attached hydrogens (primary N) is 1. The number of nitrogen functional groups attached to an aromatic ring is 1. The molecule has 0 aliphatic rings. The molecule has 6 heteroatoms. The molecule has 0 aliphatic carbocycles. The molecule has 16 heavy (non-hydrogen) atoms. The minimum Gasteiger partial charge on any atom is -0.478 e. The standard InChI is InChI=1S/C10H8F3NO2/c11-10(12,13)7-3-1-2-6(9(7)14)4-5-8(15)16/h1-5H,14H2,(H,15,16)/b5-4+. The Kier molecular flexibility index (Phi) is 3.22. The van der Waals surface area contributed by atoms with E-state index < -0.39 is 23.4 Å². The van der Waals surface area contributed by atoms with Crippen molar-refractivity contribution in [1.82, 2.24) is 0 Å². The molecule has 0 radical (unpaired) electrons. The van der Waals surface area contributed by atoms with E-state index in [2.05, 4.69) is 0 Å². The van der Waals surface area contributed by atoms with E-state index in [1.54, 1.807) is 0 Å². The smallest absolute Gasteiger partial charge is 0.418 e. The van der Waals surface area contributed by atoms with E-state index >= 15 is 0 Å². The molecule has 1 aromatic carbocycles. The lowest BCUT2D eigenvalue weighted by molar-refractivity contribution is -0.137. The van der Waals surface area contributed by atoms with Crippen molar-refractivity contribution in [3.8, 4) is 0 Å². The fraction of sp³-hybridized carbons (Fsp3) is 0.100. The Morgan fingerprint density at radius 1 is 1.38 bits per heavy atom. The lowest BCUT2D eigenvalue weighted by Gasteiger charge is -2.11. The summed E-state index contributed by atoms with van der Waals surface area (Å²) < 4.78 is 37.2. The van der Waals surface area contributed by atoms with Crippen LogP contribution in [0.4, 0.5) is 18.9 Å². The number of alkyl halides is 3. The van der Waals surface area contributed by atoms with Gasteiger partial charge in [-0.1, -0.05) is 12.1 Å². The zero-order chi connectivity index (χ0) is 12.3. The number of carboxylic acids is 1. The van der Waals surface area contributed by atoms with Gasteiger partial charge in [-0.15, -0.1) is 0 Å². The molecule has 0 aliphatic heterocycles. The monoisotopic (exact) mass is 231 g/mol. The maximum absolute atomic E-state index is 12.4. The van der Waals surface area contributed by atoms with Gasteiger partial charge in [0.15, 0.2) is 0 Å². The first kappa shape index (κ1) is 12.1. The summed E-state index contributed by atoms with van der Waals surface area (Å²) in [4.78, 5) is 10.2. The van der Waals surface area contributed by atoms with Gasteiger partial charge in [0.2, 0.25) is 0 Å². The van der Waals surface area contributed by atoms with Crippen molar-refractivity contribution in [3.05, 3.63) is 35.4 Å². The molecular formula is C10H8F3NO2. The Morgan fingerprint density at radius 2 is 2.00 bits per heavy atom. The van der Waals surface area contributed by atoms with Gasteiger partial charge in [0.05, 0.1) is 11.3 Å². The van der Waals surface area contributed by atoms with Crippen molar-refractivity contribution in [3.63, 3.8) is 0 Å². The van der Waals surface area contributed by atoms with Crippen molar-refractivity contribution < 1.29 is 23.1 Å². The molecule has 0 unspecified atom stereocenters. The number of carbonyl (C=O) groups is 1. The number of halogens is 3. The van der Waals surface area contributed by atoms with Gasteiger partial charge in [-0.2, -0.15) is 13.2 Å². The maximum atomic E-state index is 12.4. The highest BCUT2D eigenvalue weighted by Crippen LogP contribution is 2.35. The van der Waals surface area contributed by atoms with Crippen LogP contribution >= 0.6 is 0 Å². The number of carboxylic acid groups (broad SMARTS) is 1. The summed E-state index contributed by atoms with van der Waals surface area (Å²) in [5.74, 6) is -1.25. The van der Waals surface area contributed by atoms with E-state index in [-0.39, 0.29) is 5.56 Å². The Labute approximate surface area is 89.0 Å². The molecule has 1 rings (SSSR count). The quantitative estimate of drug-likeness (QED) is 0.606. The number of hydrogen-bond donors (Lipinski definition) is 2. The Balaban J connectivity index is 3.19. The summed E-state index contributed by atoms with van der Waals surface area (Å²) in [5, 5.41) is 8.35. The number of benzene rings is 1. The Bertz CT molecular complexity index is 438. The zero-order valence-corrected chi connectivity index (χ0v) is 7.95. The van der Waals surface area contributed by atoms with E-state index in [1.165, 1.54) is 12.1 Å². The molecule has 0 saturated carbocycles. The molecule has 0 saturated heterocycles. The maximum Gasteiger partial charge on any atom is 0.418 e. The van der Waals surface area contributed by atoms with Crippen LogP contribution in [0.25, 0.3) is 6.08 Å². The highest BCUT2D eigenvalue weighted by atomic mass is 19.4. The molecule has 86 valence electrons. The van der Waals surface area contributed by atoms with Crippen molar-refractivity contribution in [2.24, 2.45) is 0 Å². The highest BCUT2D eigenvalue weighted by molar-refractivity contribution is 5.87. The fourth-order valence-electron chi connectivity index (χ4n) is 1.14. The average Bonchev–Trinajstić information content (AvgIpc) is 2.14. The van der Waals surface area contributed by atoms with Gasteiger partial charge in [-0.3, -0.25) is 0 Å². The summed E-state index contributed by atoms with van der Waals surface area (Å²) in [6, 6.07) is 3.32. The molecule has 1 aromatic rings. The highest BCUT2D eigenvalue weighted by Gasteiger charge is 2.33. The summed E-state index contributed by atoms with van der Waals surface area (Å²) in [6.07, 6.45) is -2.80. The first-order chi connectivity index (χ1) is 7.32. The second kappa shape index (κ2) is 4.26. The summed E-state index contributed by atoms with van der Waals surface area (Å²) >= 11 is 0. The lowest BCUT2D eigenvalue weighted by atomic mass is 10.1. The molecule has 0 spiro atoms. The van der Waals surface area contributed by atoms with Crippen LogP contribution in [0.2, 0.25) is 0 Å². The van der Waals surface area contributed by atoms with Crippen molar-refractivity contribution in [1.29, 1.82) is 0 Å². The van der Waals surface area contributed by atoms with E-state index in [4.69, 9.17) is 10.8 Å². The van der Waals surface area contributed by atoms with Crippen LogP contribution in [0.5, 0.6) is 0 Å². The zero-order valence-electron chi connectivity index (χ0n) is 7.95. The van der Waals surface area contributed by atoms with Crippen LogP contribution in [-0.2, 0) is 11.0 Å². The van der Waals surface area contributed by atoms with Gasteiger partial charge in [0.1, 0.15) is 0 Å². The topological polar surface area (TPSA) is 63.3 Å². The largest absolute Gasteiger partial charge is 0.478 e. The van der Waals surface area contributed by atoms with Crippen LogP contribution < -0.4 is 5.73 Å². The molecule has 0 fully saturated rings. The molecule has 0 bridgehead atoms. The second-order valence-electron chi connectivity index (χ2n) is 2.98. The van der Waals surface area contributed by atoms with Gasteiger partial charge in [0, 0.05) is 6.08 Å². The fourth-order valence-corrected chi connectivity index (χ4v) is 1.14. The molecule has 3 N–H and O–H groups in total. The minimum atomic E-state index is -4.54. The minimum absolute atomic E-state index is 0.0252. The first-order valence-electron chi connectivity index (χ1n) is 4.19. The van der Waals surface area contributed by atoms with Crippen molar-refractivity contribution in [2.75, 3.05) is 5.73 Å². The molecule has 0 heterocycles. The van der Waals surface area contributed by atoms with E-state index in [0.717, 1.165) is 18.2 Å². The summed E-state index contributed by atoms with van der Waals surface area (Å²) in [7, 11) is 0. The van der Waals surface area contributed by atoms with Crippen LogP contribution in [0.1, 0.15) is 11.1 Å². The summed E-state index contributed by atoms with van der Waals surface area (Å²) in [5.41, 5.74) is 3.87. The Hall–Kier alpha value is -1.98. The number of hydrogen-bond acceptors (Lipinski definition) is 2. The van der Waals surface area contributed by atoms with E-state index in [9.17, 15) is 18.0 Å². The predicted octanol–water partition coefficient (Wildman–Crippen LogP) is 2.39. The van der Waals surface area contributed by atoms with Gasteiger partial charge < -0.3 is 10.8 Å².